The van der Waals surface area contributed by atoms with E-state index in [4.69, 9.17) is 4.74 Å². The molecule has 1 aromatic rings. The van der Waals surface area contributed by atoms with Crippen LogP contribution in [0.1, 0.15) is 19.8 Å². The lowest BCUT2D eigenvalue weighted by Gasteiger charge is -2.24. The van der Waals surface area contributed by atoms with E-state index in [1.165, 1.54) is 18.9 Å². The van der Waals surface area contributed by atoms with E-state index >= 15 is 0 Å². The second-order valence-corrected chi connectivity index (χ2v) is 7.88. The van der Waals surface area contributed by atoms with Gasteiger partial charge in [0.05, 0.1) is 24.0 Å². The summed E-state index contributed by atoms with van der Waals surface area (Å²) in [5, 5.41) is 12.3. The van der Waals surface area contributed by atoms with Gasteiger partial charge >= 0.3 is 5.97 Å². The fourth-order valence-corrected chi connectivity index (χ4v) is 4.13. The number of carbonyl (C=O) groups excluding carboxylic acids is 3. The summed E-state index contributed by atoms with van der Waals surface area (Å²) < 4.78 is 17.1. The predicted molar refractivity (Wildman–Crippen MR) is 98.1 cm³/mol. The molecule has 4 atom stereocenters. The van der Waals surface area contributed by atoms with E-state index in [1.807, 2.05) is 6.07 Å². The minimum atomic E-state index is -1.32. The maximum atomic E-state index is 12.6. The van der Waals surface area contributed by atoms with Crippen molar-refractivity contribution in [2.24, 2.45) is 0 Å². The molecule has 1 heterocycles. The third-order valence-corrected chi connectivity index (χ3v) is 5.79. The quantitative estimate of drug-likeness (QED) is 0.619. The Morgan fingerprint density at radius 2 is 2.00 bits per heavy atom. The first-order valence-electron chi connectivity index (χ1n) is 8.60. The lowest BCUT2D eigenvalue weighted by molar-refractivity contribution is -0.146. The largest absolute Gasteiger partial charge is 0.467 e. The lowest BCUT2D eigenvalue weighted by atomic mass is 10.1. The molecule has 0 aliphatic carbocycles. The van der Waals surface area contributed by atoms with E-state index < -0.39 is 40.9 Å². The Balaban J connectivity index is 2.01. The number of methoxy groups -OCH3 is 1. The Bertz CT molecular complexity index is 711. The van der Waals surface area contributed by atoms with Gasteiger partial charge in [-0.05, 0) is 18.6 Å². The van der Waals surface area contributed by atoms with Crippen LogP contribution in [-0.4, -0.2) is 69.6 Å². The van der Waals surface area contributed by atoms with E-state index in [0.717, 1.165) is 0 Å². The summed E-state index contributed by atoms with van der Waals surface area (Å²) in [4.78, 5) is 38.1. The molecular weight excluding hydrogens is 372 g/mol. The minimum absolute atomic E-state index is 0.0777. The number of β-amino-alcohol motifs (C(OH)–C–C–N with tert-alkyl or cyclic N) is 1. The number of amides is 2. The highest BCUT2D eigenvalue weighted by molar-refractivity contribution is 7.85. The van der Waals surface area contributed by atoms with Gasteiger partial charge in [-0.25, -0.2) is 4.79 Å². The SMILES string of the molecule is COC(=O)[C@@H](CC[S@](=O)c1ccccc1)NC(=O)[C@@H]1C[C@@H](O)CN1C(C)=O. The van der Waals surface area contributed by atoms with E-state index in [9.17, 15) is 23.7 Å². The molecule has 0 radical (unpaired) electrons. The number of likely N-dealkylation sites (tertiary alicyclic amines) is 1. The molecule has 1 saturated heterocycles. The summed E-state index contributed by atoms with van der Waals surface area (Å²) in [5.41, 5.74) is 0. The molecule has 9 heteroatoms. The molecule has 1 aromatic carbocycles. The number of nitrogens with zero attached hydrogens (tertiary/aromatic N) is 1. The highest BCUT2D eigenvalue weighted by Crippen LogP contribution is 2.18. The molecule has 1 aliphatic rings. The van der Waals surface area contributed by atoms with Crippen molar-refractivity contribution in [3.63, 3.8) is 0 Å². The summed E-state index contributed by atoms with van der Waals surface area (Å²) in [7, 11) is -0.118. The number of hydrogen-bond donors (Lipinski definition) is 2. The van der Waals surface area contributed by atoms with Gasteiger partial charge in [0.15, 0.2) is 0 Å². The Morgan fingerprint density at radius 1 is 1.33 bits per heavy atom. The van der Waals surface area contributed by atoms with Gasteiger partial charge in [0.25, 0.3) is 0 Å². The fourth-order valence-electron chi connectivity index (χ4n) is 2.98. The maximum Gasteiger partial charge on any atom is 0.328 e. The molecule has 0 aromatic heterocycles. The van der Waals surface area contributed by atoms with Crippen LogP contribution in [0.4, 0.5) is 0 Å². The number of aliphatic hydroxyl groups excluding tert-OH is 1. The number of aliphatic hydroxyl groups is 1. The van der Waals surface area contributed by atoms with E-state index in [0.29, 0.717) is 4.90 Å². The van der Waals surface area contributed by atoms with E-state index in [1.54, 1.807) is 24.3 Å². The molecule has 0 unspecified atom stereocenters. The van der Waals surface area contributed by atoms with Crippen LogP contribution in [0.15, 0.2) is 35.2 Å². The van der Waals surface area contributed by atoms with Crippen molar-refractivity contribution in [2.45, 2.75) is 42.8 Å². The average Bonchev–Trinajstić information content (AvgIpc) is 3.07. The molecular formula is C18H24N2O6S. The van der Waals surface area contributed by atoms with Crippen molar-refractivity contribution in [1.82, 2.24) is 10.2 Å². The molecule has 0 bridgehead atoms. The van der Waals surface area contributed by atoms with Crippen molar-refractivity contribution in [3.05, 3.63) is 30.3 Å². The highest BCUT2D eigenvalue weighted by Gasteiger charge is 2.38. The molecule has 2 amide bonds. The Morgan fingerprint density at radius 3 is 2.59 bits per heavy atom. The van der Waals surface area contributed by atoms with Gasteiger partial charge in [-0.15, -0.1) is 0 Å². The van der Waals surface area contributed by atoms with Crippen LogP contribution in [0.5, 0.6) is 0 Å². The van der Waals surface area contributed by atoms with Gasteiger partial charge < -0.3 is 20.1 Å². The molecule has 8 nitrogen and oxygen atoms in total. The molecule has 1 aliphatic heterocycles. The second-order valence-electron chi connectivity index (χ2n) is 6.31. The monoisotopic (exact) mass is 396 g/mol. The van der Waals surface area contributed by atoms with E-state index in [-0.39, 0.29) is 31.0 Å². The average molecular weight is 396 g/mol. The molecule has 0 saturated carbocycles. The minimum Gasteiger partial charge on any atom is -0.467 e. The van der Waals surface area contributed by atoms with Crippen molar-refractivity contribution in [1.29, 1.82) is 0 Å². The standard InChI is InChI=1S/C18H24N2O6S/c1-12(21)20-11-13(22)10-16(20)17(23)19-15(18(24)26-2)8-9-27(25)14-6-4-3-5-7-14/h3-7,13,15-16,22H,8-11H2,1-2H3,(H,19,23)/t13-,15-,16+,27+/m1/s1. The van der Waals surface area contributed by atoms with Gasteiger partial charge in [-0.3, -0.25) is 13.8 Å². The van der Waals surface area contributed by atoms with Crippen molar-refractivity contribution >= 4 is 28.6 Å². The normalized spacial score (nSPS) is 21.4. The third kappa shape index (κ3) is 5.61. The van der Waals surface area contributed by atoms with Crippen LogP contribution < -0.4 is 5.32 Å². The molecule has 148 valence electrons. The van der Waals surface area contributed by atoms with Crippen molar-refractivity contribution < 1.29 is 28.4 Å². The van der Waals surface area contributed by atoms with Gasteiger partial charge in [-0.2, -0.15) is 0 Å². The van der Waals surface area contributed by atoms with Crippen LogP contribution in [0.25, 0.3) is 0 Å². The molecule has 2 N–H and O–H groups in total. The van der Waals surface area contributed by atoms with Crippen molar-refractivity contribution in [3.8, 4) is 0 Å². The van der Waals surface area contributed by atoms with Crippen LogP contribution in [-0.2, 0) is 29.9 Å². The Labute approximate surface area is 160 Å². The summed E-state index contributed by atoms with van der Waals surface area (Å²) in [6.07, 6.45) is -0.559. The second kappa shape index (κ2) is 9.61. The van der Waals surface area contributed by atoms with Crippen LogP contribution in [0.3, 0.4) is 0 Å². The first-order chi connectivity index (χ1) is 12.8. The van der Waals surface area contributed by atoms with Crippen LogP contribution in [0.2, 0.25) is 0 Å². The Hall–Kier alpha value is -2.26. The number of benzene rings is 1. The number of ether oxygens (including phenoxy) is 1. The smallest absolute Gasteiger partial charge is 0.328 e. The van der Waals surface area contributed by atoms with Gasteiger partial charge in [0.1, 0.15) is 12.1 Å². The number of nitrogens with one attached hydrogen (secondary N) is 1. The Kier molecular flexibility index (Phi) is 7.49. The summed E-state index contributed by atoms with van der Waals surface area (Å²) in [5.74, 6) is -1.36. The van der Waals surface area contributed by atoms with E-state index in [2.05, 4.69) is 5.32 Å². The molecule has 0 spiro atoms. The summed E-state index contributed by atoms with van der Waals surface area (Å²) >= 11 is 0. The number of carbonyl (C=O) groups is 3. The maximum absolute atomic E-state index is 12.6. The zero-order valence-electron chi connectivity index (χ0n) is 15.3. The fraction of sp³-hybridized carbons (Fsp3) is 0.500. The van der Waals surface area contributed by atoms with Gasteiger partial charge in [0.2, 0.25) is 11.8 Å². The number of hydrogen-bond acceptors (Lipinski definition) is 6. The number of rotatable bonds is 7. The first-order valence-corrected chi connectivity index (χ1v) is 9.92. The predicted octanol–water partition coefficient (Wildman–Crippen LogP) is -0.176. The highest BCUT2D eigenvalue weighted by atomic mass is 32.2. The van der Waals surface area contributed by atoms with Crippen LogP contribution in [0, 0.1) is 0 Å². The van der Waals surface area contributed by atoms with Crippen molar-refractivity contribution in [2.75, 3.05) is 19.4 Å². The number of esters is 1. The topological polar surface area (TPSA) is 113 Å². The zero-order valence-corrected chi connectivity index (χ0v) is 16.1. The van der Waals surface area contributed by atoms with Crippen LogP contribution >= 0.6 is 0 Å². The van der Waals surface area contributed by atoms with Gasteiger partial charge in [0, 0.05) is 30.5 Å². The lowest BCUT2D eigenvalue weighted by Crippen LogP contribution is -2.51. The molecule has 2 rings (SSSR count). The van der Waals surface area contributed by atoms with Gasteiger partial charge in [-0.1, -0.05) is 18.2 Å². The summed E-state index contributed by atoms with van der Waals surface area (Å²) in [6.45, 7) is 1.40. The molecule has 27 heavy (non-hydrogen) atoms. The zero-order chi connectivity index (χ0) is 20.0. The molecule has 1 fully saturated rings. The summed E-state index contributed by atoms with van der Waals surface area (Å²) in [6, 6.07) is 6.99. The third-order valence-electron chi connectivity index (χ3n) is 4.39. The first kappa shape index (κ1) is 21.0.